The van der Waals surface area contributed by atoms with E-state index in [1.165, 1.54) is 11.1 Å². The lowest BCUT2D eigenvalue weighted by molar-refractivity contribution is 0.482. The summed E-state index contributed by atoms with van der Waals surface area (Å²) < 4.78 is 8.06. The molecule has 4 aromatic rings. The maximum absolute atomic E-state index is 6.00. The topological polar surface area (TPSA) is 42.3 Å². The lowest BCUT2D eigenvalue weighted by atomic mass is 9.98. The van der Waals surface area contributed by atoms with Crippen LogP contribution < -0.4 is 15.0 Å². The predicted molar refractivity (Wildman–Crippen MR) is 131 cm³/mol. The van der Waals surface area contributed by atoms with Crippen LogP contribution in [0.2, 0.25) is 0 Å². The van der Waals surface area contributed by atoms with Crippen molar-refractivity contribution in [2.75, 3.05) is 4.90 Å². The van der Waals surface area contributed by atoms with E-state index in [2.05, 4.69) is 45.2 Å². The van der Waals surface area contributed by atoms with Crippen LogP contribution in [0.1, 0.15) is 28.9 Å². The number of hydrogen-bond acceptors (Lipinski definition) is 3. The minimum Gasteiger partial charge on any atom is -0.457 e. The van der Waals surface area contributed by atoms with Gasteiger partial charge in [-0.1, -0.05) is 23.8 Å². The quantitative estimate of drug-likeness (QED) is 0.403. The molecule has 160 valence electrons. The van der Waals surface area contributed by atoms with E-state index in [0.29, 0.717) is 5.11 Å². The van der Waals surface area contributed by atoms with Crippen LogP contribution in [0, 0.1) is 6.92 Å². The minimum atomic E-state index is -0.0467. The first kappa shape index (κ1) is 20.3. The fourth-order valence-electron chi connectivity index (χ4n) is 4.09. The van der Waals surface area contributed by atoms with Gasteiger partial charge in [0.2, 0.25) is 0 Å². The number of thiocarbonyl (C=S) groups is 1. The summed E-state index contributed by atoms with van der Waals surface area (Å²) in [7, 11) is 2.03. The van der Waals surface area contributed by atoms with Gasteiger partial charge in [-0.2, -0.15) is 0 Å². The molecule has 32 heavy (non-hydrogen) atoms. The molecule has 0 aliphatic carbocycles. The standard InChI is InChI=1S/C26H24N4OS/c1-18-6-10-21(11-7-18)31-22-12-8-20(9-13-22)30-25(19-14-16-29(2)17-19)24(28-26(30)32)23-5-3-4-15-27-23/h3-17,24-25H,1-2H3,(H,28,32)/t24-,25+/m1/s1. The van der Waals surface area contributed by atoms with E-state index in [4.69, 9.17) is 17.0 Å². The second-order valence-corrected chi connectivity index (χ2v) is 8.40. The Morgan fingerprint density at radius 1 is 0.938 bits per heavy atom. The molecule has 0 spiro atoms. The number of anilines is 1. The van der Waals surface area contributed by atoms with Gasteiger partial charge in [0.05, 0.1) is 17.8 Å². The average molecular weight is 441 g/mol. The van der Waals surface area contributed by atoms with E-state index in [1.807, 2.05) is 80.0 Å². The van der Waals surface area contributed by atoms with Gasteiger partial charge < -0.3 is 19.5 Å². The Morgan fingerprint density at radius 2 is 1.66 bits per heavy atom. The Kier molecular flexibility index (Phi) is 5.37. The Balaban J connectivity index is 1.46. The lowest BCUT2D eigenvalue weighted by Gasteiger charge is -2.27. The summed E-state index contributed by atoms with van der Waals surface area (Å²) in [5.74, 6) is 1.60. The molecule has 3 heterocycles. The van der Waals surface area contributed by atoms with E-state index in [-0.39, 0.29) is 12.1 Å². The maximum Gasteiger partial charge on any atom is 0.174 e. The minimum absolute atomic E-state index is 0.0116. The summed E-state index contributed by atoms with van der Waals surface area (Å²) in [6.07, 6.45) is 6.02. The Bertz CT molecular complexity index is 1220. The molecule has 1 aliphatic heterocycles. The van der Waals surface area contributed by atoms with Crippen molar-refractivity contribution in [2.24, 2.45) is 7.05 Å². The van der Waals surface area contributed by atoms with Gasteiger partial charge in [-0.05, 0) is 79.3 Å². The summed E-state index contributed by atoms with van der Waals surface area (Å²) in [6.45, 7) is 2.06. The lowest BCUT2D eigenvalue weighted by Crippen LogP contribution is -2.29. The third-order valence-corrected chi connectivity index (χ3v) is 5.98. The monoisotopic (exact) mass is 440 g/mol. The van der Waals surface area contributed by atoms with Crippen molar-refractivity contribution in [3.8, 4) is 11.5 Å². The Morgan fingerprint density at radius 3 is 2.28 bits per heavy atom. The molecule has 1 aliphatic rings. The highest BCUT2D eigenvalue weighted by Gasteiger charge is 2.40. The number of aromatic nitrogens is 2. The summed E-state index contributed by atoms with van der Waals surface area (Å²) in [5.41, 5.74) is 4.35. The number of ether oxygens (including phenoxy) is 1. The number of hydrogen-bond donors (Lipinski definition) is 1. The summed E-state index contributed by atoms with van der Waals surface area (Å²) >= 11 is 5.78. The van der Waals surface area contributed by atoms with Crippen LogP contribution in [-0.2, 0) is 7.05 Å². The van der Waals surface area contributed by atoms with Crippen LogP contribution in [0.4, 0.5) is 5.69 Å². The molecule has 2 aromatic heterocycles. The van der Waals surface area contributed by atoms with Crippen molar-refractivity contribution in [1.29, 1.82) is 0 Å². The van der Waals surface area contributed by atoms with E-state index >= 15 is 0 Å². The smallest absolute Gasteiger partial charge is 0.174 e. The fourth-order valence-corrected chi connectivity index (χ4v) is 4.43. The molecule has 0 unspecified atom stereocenters. The van der Waals surface area contributed by atoms with Gasteiger partial charge in [0, 0.05) is 31.3 Å². The van der Waals surface area contributed by atoms with Crippen molar-refractivity contribution >= 4 is 23.0 Å². The highest BCUT2D eigenvalue weighted by Crippen LogP contribution is 2.41. The molecule has 0 amide bonds. The number of rotatable bonds is 5. The molecular formula is C26H24N4OS. The normalized spacial score (nSPS) is 17.9. The van der Waals surface area contributed by atoms with Crippen molar-refractivity contribution in [2.45, 2.75) is 19.0 Å². The largest absolute Gasteiger partial charge is 0.457 e. The van der Waals surface area contributed by atoms with Gasteiger partial charge in [-0.3, -0.25) is 4.98 Å². The summed E-state index contributed by atoms with van der Waals surface area (Å²) in [6, 6.07) is 24.2. The first-order valence-corrected chi connectivity index (χ1v) is 11.0. The fraction of sp³-hybridized carbons (Fsp3) is 0.154. The van der Waals surface area contributed by atoms with Gasteiger partial charge in [0.1, 0.15) is 11.5 Å². The van der Waals surface area contributed by atoms with Gasteiger partial charge in [-0.15, -0.1) is 0 Å². The molecular weight excluding hydrogens is 416 g/mol. The van der Waals surface area contributed by atoms with E-state index in [1.54, 1.807) is 0 Å². The number of benzene rings is 2. The third-order valence-electron chi connectivity index (χ3n) is 5.67. The number of pyridine rings is 1. The molecule has 0 radical (unpaired) electrons. The van der Waals surface area contributed by atoms with Gasteiger partial charge >= 0.3 is 0 Å². The molecule has 1 N–H and O–H groups in total. The first-order chi connectivity index (χ1) is 15.6. The Hall–Kier alpha value is -3.64. The maximum atomic E-state index is 6.00. The van der Waals surface area contributed by atoms with Crippen molar-refractivity contribution in [3.63, 3.8) is 0 Å². The summed E-state index contributed by atoms with van der Waals surface area (Å²) in [5, 5.41) is 4.17. The van der Waals surface area contributed by atoms with Crippen LogP contribution in [0.25, 0.3) is 0 Å². The molecule has 2 aromatic carbocycles. The van der Waals surface area contributed by atoms with Crippen molar-refractivity contribution in [3.05, 3.63) is 108 Å². The molecule has 1 fully saturated rings. The van der Waals surface area contributed by atoms with Gasteiger partial charge in [0.15, 0.2) is 5.11 Å². The van der Waals surface area contributed by atoms with E-state index in [9.17, 15) is 0 Å². The summed E-state index contributed by atoms with van der Waals surface area (Å²) in [4.78, 5) is 6.76. The zero-order valence-electron chi connectivity index (χ0n) is 18.0. The van der Waals surface area contributed by atoms with Crippen LogP contribution in [0.3, 0.4) is 0 Å². The molecule has 0 saturated carbocycles. The van der Waals surface area contributed by atoms with Gasteiger partial charge in [-0.25, -0.2) is 0 Å². The third kappa shape index (κ3) is 3.97. The second-order valence-electron chi connectivity index (χ2n) is 8.02. The Labute approximate surface area is 193 Å². The zero-order valence-corrected chi connectivity index (χ0v) is 18.8. The molecule has 2 atom stereocenters. The number of aryl methyl sites for hydroxylation is 2. The van der Waals surface area contributed by atoms with E-state index in [0.717, 1.165) is 22.9 Å². The van der Waals surface area contributed by atoms with Crippen LogP contribution >= 0.6 is 12.2 Å². The van der Waals surface area contributed by atoms with Crippen molar-refractivity contribution in [1.82, 2.24) is 14.9 Å². The highest BCUT2D eigenvalue weighted by atomic mass is 32.1. The molecule has 5 rings (SSSR count). The zero-order chi connectivity index (χ0) is 22.1. The van der Waals surface area contributed by atoms with Crippen molar-refractivity contribution < 1.29 is 4.74 Å². The molecule has 0 bridgehead atoms. The van der Waals surface area contributed by atoms with E-state index < -0.39 is 0 Å². The molecule has 6 heteroatoms. The number of nitrogens with zero attached hydrogens (tertiary/aromatic N) is 3. The van der Waals surface area contributed by atoms with Crippen LogP contribution in [-0.4, -0.2) is 14.7 Å². The van der Waals surface area contributed by atoms with Gasteiger partial charge in [0.25, 0.3) is 0 Å². The second kappa shape index (κ2) is 8.48. The molecule has 1 saturated heterocycles. The predicted octanol–water partition coefficient (Wildman–Crippen LogP) is 5.70. The van der Waals surface area contributed by atoms with Crippen LogP contribution in [0.15, 0.2) is 91.4 Å². The average Bonchev–Trinajstić information content (AvgIpc) is 3.39. The highest BCUT2D eigenvalue weighted by molar-refractivity contribution is 7.80. The van der Waals surface area contributed by atoms with Crippen LogP contribution in [0.5, 0.6) is 11.5 Å². The first-order valence-electron chi connectivity index (χ1n) is 10.6. The number of nitrogens with one attached hydrogen (secondary N) is 1. The SMILES string of the molecule is Cc1ccc(Oc2ccc(N3C(=S)N[C@H](c4ccccn4)[C@@H]3c3ccn(C)c3)cc2)cc1. The molecule has 5 nitrogen and oxygen atoms in total.